The Morgan fingerprint density at radius 2 is 2.12 bits per heavy atom. The molecule has 0 bridgehead atoms. The molecule has 0 amide bonds. The van der Waals surface area contributed by atoms with Crippen molar-refractivity contribution in [1.29, 1.82) is 0 Å². The third-order valence-corrected chi connectivity index (χ3v) is 5.84. The summed E-state index contributed by atoms with van der Waals surface area (Å²) in [6.45, 7) is 11.3. The molecular weight excluding hydrogens is 463 g/mol. The molecule has 3 rings (SSSR count). The molecule has 3 heterocycles. The van der Waals surface area contributed by atoms with Crippen LogP contribution in [0.15, 0.2) is 4.99 Å². The van der Waals surface area contributed by atoms with Gasteiger partial charge < -0.3 is 19.7 Å². The summed E-state index contributed by atoms with van der Waals surface area (Å²) < 4.78 is 11.8. The SMILES string of the molecule is CCNC(=NCCc1sc(C)nc1C)N1CCOC(C2CCCO2)C1.I. The molecule has 2 aliphatic heterocycles. The van der Waals surface area contributed by atoms with Crippen LogP contribution in [0, 0.1) is 13.8 Å². The highest BCUT2D eigenvalue weighted by atomic mass is 127. The maximum atomic E-state index is 5.96. The molecule has 0 spiro atoms. The van der Waals surface area contributed by atoms with E-state index in [2.05, 4.69) is 36.0 Å². The predicted octanol–water partition coefficient (Wildman–Crippen LogP) is 2.77. The Hall–Kier alpha value is -0.450. The van der Waals surface area contributed by atoms with Gasteiger partial charge in [0.15, 0.2) is 5.96 Å². The quantitative estimate of drug-likeness (QED) is 0.388. The standard InChI is InChI=1S/C18H30N4O2S.HI/c1-4-19-18(20-8-7-17-13(2)21-14(3)25-17)22-9-11-24-16(12-22)15-6-5-10-23-15;/h15-16H,4-12H2,1-3H3,(H,19,20);1H. The van der Waals surface area contributed by atoms with Gasteiger partial charge in [-0.15, -0.1) is 35.3 Å². The first-order chi connectivity index (χ1) is 12.2. The average Bonchev–Trinajstić information content (AvgIpc) is 3.24. The summed E-state index contributed by atoms with van der Waals surface area (Å²) in [4.78, 5) is 13.0. The Morgan fingerprint density at radius 1 is 1.31 bits per heavy atom. The minimum absolute atomic E-state index is 0. The lowest BCUT2D eigenvalue weighted by molar-refractivity contribution is -0.0817. The number of aromatic nitrogens is 1. The Balaban J connectivity index is 0.00000243. The van der Waals surface area contributed by atoms with Gasteiger partial charge in [0.05, 0.1) is 23.4 Å². The number of halogens is 1. The molecule has 2 saturated heterocycles. The summed E-state index contributed by atoms with van der Waals surface area (Å²) in [6, 6.07) is 0. The minimum Gasteiger partial charge on any atom is -0.375 e. The van der Waals surface area contributed by atoms with E-state index in [1.165, 1.54) is 4.88 Å². The lowest BCUT2D eigenvalue weighted by Gasteiger charge is -2.37. The number of hydrogen-bond acceptors (Lipinski definition) is 5. The summed E-state index contributed by atoms with van der Waals surface area (Å²) in [7, 11) is 0. The Bertz CT molecular complexity index is 590. The van der Waals surface area contributed by atoms with Crippen molar-refractivity contribution in [1.82, 2.24) is 15.2 Å². The Morgan fingerprint density at radius 3 is 2.77 bits per heavy atom. The maximum absolute atomic E-state index is 5.96. The van der Waals surface area contributed by atoms with Gasteiger partial charge in [-0.2, -0.15) is 0 Å². The third-order valence-electron chi connectivity index (χ3n) is 4.71. The first kappa shape index (κ1) is 21.8. The van der Waals surface area contributed by atoms with Crippen molar-refractivity contribution in [2.24, 2.45) is 4.99 Å². The van der Waals surface area contributed by atoms with Crippen molar-refractivity contribution < 1.29 is 9.47 Å². The summed E-state index contributed by atoms with van der Waals surface area (Å²) in [6.07, 6.45) is 3.61. The number of hydrogen-bond donors (Lipinski definition) is 1. The lowest BCUT2D eigenvalue weighted by atomic mass is 10.1. The minimum atomic E-state index is 0. The molecule has 0 aliphatic carbocycles. The number of aryl methyl sites for hydroxylation is 2. The van der Waals surface area contributed by atoms with Gasteiger partial charge in [-0.1, -0.05) is 0 Å². The van der Waals surface area contributed by atoms with Gasteiger partial charge in [-0.05, 0) is 33.6 Å². The molecule has 2 fully saturated rings. The van der Waals surface area contributed by atoms with Crippen LogP contribution >= 0.6 is 35.3 Å². The Kier molecular flexibility index (Phi) is 9.05. The fraction of sp³-hybridized carbons (Fsp3) is 0.778. The highest BCUT2D eigenvalue weighted by Crippen LogP contribution is 2.21. The smallest absolute Gasteiger partial charge is 0.194 e. The van der Waals surface area contributed by atoms with Crippen LogP contribution in [0.3, 0.4) is 0 Å². The summed E-state index contributed by atoms with van der Waals surface area (Å²) >= 11 is 1.78. The van der Waals surface area contributed by atoms with Crippen LogP contribution in [0.2, 0.25) is 0 Å². The number of rotatable bonds is 5. The van der Waals surface area contributed by atoms with Gasteiger partial charge in [0.25, 0.3) is 0 Å². The predicted molar refractivity (Wildman–Crippen MR) is 117 cm³/mol. The highest BCUT2D eigenvalue weighted by molar-refractivity contribution is 14.0. The van der Waals surface area contributed by atoms with Gasteiger partial charge in [0.2, 0.25) is 0 Å². The van der Waals surface area contributed by atoms with Crippen LogP contribution in [0.5, 0.6) is 0 Å². The molecule has 2 atom stereocenters. The number of ether oxygens (including phenoxy) is 2. The van der Waals surface area contributed by atoms with Crippen molar-refractivity contribution in [2.75, 3.05) is 39.4 Å². The van der Waals surface area contributed by atoms with E-state index in [0.29, 0.717) is 0 Å². The van der Waals surface area contributed by atoms with Gasteiger partial charge in [-0.25, -0.2) is 4.98 Å². The molecular formula is C18H31IN4O2S. The second-order valence-electron chi connectivity index (χ2n) is 6.63. The lowest BCUT2D eigenvalue weighted by Crippen LogP contribution is -2.53. The van der Waals surface area contributed by atoms with Crippen molar-refractivity contribution in [2.45, 2.75) is 52.2 Å². The van der Waals surface area contributed by atoms with E-state index in [1.807, 2.05) is 0 Å². The molecule has 0 radical (unpaired) electrons. The number of thiazole rings is 1. The summed E-state index contributed by atoms with van der Waals surface area (Å²) in [5.74, 6) is 0.993. The number of morpholine rings is 1. The van der Waals surface area contributed by atoms with Crippen molar-refractivity contribution in [3.63, 3.8) is 0 Å². The first-order valence-corrected chi connectivity index (χ1v) is 10.2. The average molecular weight is 494 g/mol. The molecule has 1 aromatic heterocycles. The van der Waals surface area contributed by atoms with Gasteiger partial charge >= 0.3 is 0 Å². The molecule has 0 aromatic carbocycles. The van der Waals surface area contributed by atoms with Crippen LogP contribution in [0.1, 0.15) is 35.3 Å². The van der Waals surface area contributed by atoms with Crippen LogP contribution in [-0.4, -0.2) is 67.4 Å². The van der Waals surface area contributed by atoms with Crippen molar-refractivity contribution in [3.05, 3.63) is 15.6 Å². The van der Waals surface area contributed by atoms with E-state index in [-0.39, 0.29) is 36.2 Å². The molecule has 26 heavy (non-hydrogen) atoms. The van der Waals surface area contributed by atoms with E-state index < -0.39 is 0 Å². The zero-order valence-electron chi connectivity index (χ0n) is 16.0. The second kappa shape index (κ2) is 10.8. The van der Waals surface area contributed by atoms with Crippen LogP contribution in [0.4, 0.5) is 0 Å². The van der Waals surface area contributed by atoms with Gasteiger partial charge in [0, 0.05) is 44.1 Å². The molecule has 2 aliphatic rings. The molecule has 8 heteroatoms. The number of nitrogens with zero attached hydrogens (tertiary/aromatic N) is 3. The highest BCUT2D eigenvalue weighted by Gasteiger charge is 2.32. The van der Waals surface area contributed by atoms with E-state index >= 15 is 0 Å². The van der Waals surface area contributed by atoms with Crippen molar-refractivity contribution >= 4 is 41.3 Å². The molecule has 0 saturated carbocycles. The van der Waals surface area contributed by atoms with Crippen LogP contribution in [0.25, 0.3) is 0 Å². The van der Waals surface area contributed by atoms with Crippen molar-refractivity contribution in [3.8, 4) is 0 Å². The van der Waals surface area contributed by atoms with E-state index in [0.717, 1.165) is 75.3 Å². The molecule has 148 valence electrons. The molecule has 1 aromatic rings. The van der Waals surface area contributed by atoms with Gasteiger partial charge in [0.1, 0.15) is 6.10 Å². The Labute approximate surface area is 177 Å². The topological polar surface area (TPSA) is 59.0 Å². The zero-order chi connectivity index (χ0) is 17.6. The maximum Gasteiger partial charge on any atom is 0.194 e. The number of guanidine groups is 1. The normalized spacial score (nSPS) is 23.8. The fourth-order valence-corrected chi connectivity index (χ4v) is 4.41. The monoisotopic (exact) mass is 494 g/mol. The van der Waals surface area contributed by atoms with Crippen LogP contribution in [-0.2, 0) is 15.9 Å². The summed E-state index contributed by atoms with van der Waals surface area (Å²) in [5, 5.41) is 4.57. The number of nitrogens with one attached hydrogen (secondary N) is 1. The first-order valence-electron chi connectivity index (χ1n) is 9.36. The third kappa shape index (κ3) is 5.77. The number of aliphatic imine (C=N–C) groups is 1. The largest absolute Gasteiger partial charge is 0.375 e. The summed E-state index contributed by atoms with van der Waals surface area (Å²) in [5.41, 5.74) is 1.15. The zero-order valence-corrected chi connectivity index (χ0v) is 19.1. The van der Waals surface area contributed by atoms with E-state index in [4.69, 9.17) is 14.5 Å². The van der Waals surface area contributed by atoms with Gasteiger partial charge in [-0.3, -0.25) is 4.99 Å². The second-order valence-corrected chi connectivity index (χ2v) is 7.92. The molecule has 6 nitrogen and oxygen atoms in total. The van der Waals surface area contributed by atoms with Crippen LogP contribution < -0.4 is 5.32 Å². The molecule has 2 unspecified atom stereocenters. The molecule has 1 N–H and O–H groups in total. The fourth-order valence-electron chi connectivity index (χ4n) is 3.48. The van der Waals surface area contributed by atoms with E-state index in [1.54, 1.807) is 11.3 Å². The van der Waals surface area contributed by atoms with E-state index in [9.17, 15) is 0 Å².